The number of piperidine rings is 1. The molecule has 2 fully saturated rings. The largest absolute Gasteiger partial charge is 0.444 e. The molecule has 4 rings (SSSR count). The van der Waals surface area contributed by atoms with Crippen LogP contribution < -0.4 is 5.32 Å². The number of fused-ring (bicyclic) bond motifs is 2. The maximum Gasteiger partial charge on any atom is 0.407 e. The standard InChI is InChI=1S/C26H27ClFN3O3/c1-26(2,3)34-25(33)30-18-12-19-7-8-20(13-18)31(19)24(32)16-6-9-22(27)21(10-16)15-4-5-17(14-29)23(28)11-15/h4-6,9-11,18-20H,7-8,12-13H2,1-3H3,(H,30,33)/t18-,19+,20-. The first-order valence-electron chi connectivity index (χ1n) is 11.4. The van der Waals surface area contributed by atoms with Crippen LogP contribution in [0.2, 0.25) is 5.02 Å². The number of nitriles is 1. The van der Waals surface area contributed by atoms with Gasteiger partial charge in [0, 0.05) is 34.3 Å². The number of nitrogens with one attached hydrogen (secondary N) is 1. The van der Waals surface area contributed by atoms with Crippen LogP contribution in [0.25, 0.3) is 11.1 Å². The Hall–Kier alpha value is -3.11. The molecule has 2 amide bonds. The van der Waals surface area contributed by atoms with Gasteiger partial charge in [0.1, 0.15) is 17.5 Å². The summed E-state index contributed by atoms with van der Waals surface area (Å²) in [4.78, 5) is 27.6. The third-order valence-electron chi connectivity index (χ3n) is 6.30. The number of amides is 2. The maximum atomic E-state index is 14.2. The summed E-state index contributed by atoms with van der Waals surface area (Å²) in [7, 11) is 0. The van der Waals surface area contributed by atoms with Crippen molar-refractivity contribution in [3.63, 3.8) is 0 Å². The lowest BCUT2D eigenvalue weighted by molar-refractivity contribution is 0.0418. The second-order valence-corrected chi connectivity index (χ2v) is 10.3. The molecule has 34 heavy (non-hydrogen) atoms. The molecule has 0 aromatic heterocycles. The van der Waals surface area contributed by atoms with Gasteiger partial charge in [0.05, 0.1) is 5.56 Å². The molecule has 2 aromatic rings. The first kappa shape index (κ1) is 24.0. The summed E-state index contributed by atoms with van der Waals surface area (Å²) >= 11 is 6.37. The molecule has 2 aliphatic heterocycles. The Morgan fingerprint density at radius 3 is 2.41 bits per heavy atom. The maximum absolute atomic E-state index is 14.2. The van der Waals surface area contributed by atoms with Gasteiger partial charge in [-0.1, -0.05) is 17.7 Å². The highest BCUT2D eigenvalue weighted by atomic mass is 35.5. The van der Waals surface area contributed by atoms with E-state index in [9.17, 15) is 14.0 Å². The van der Waals surface area contributed by atoms with Gasteiger partial charge in [0.15, 0.2) is 0 Å². The third-order valence-corrected chi connectivity index (χ3v) is 6.63. The summed E-state index contributed by atoms with van der Waals surface area (Å²) in [6.45, 7) is 5.47. The van der Waals surface area contributed by atoms with Gasteiger partial charge < -0.3 is 15.0 Å². The van der Waals surface area contributed by atoms with Crippen LogP contribution in [0, 0.1) is 17.1 Å². The lowest BCUT2D eigenvalue weighted by Gasteiger charge is -2.39. The van der Waals surface area contributed by atoms with E-state index in [1.807, 2.05) is 25.7 Å². The van der Waals surface area contributed by atoms with Crippen LogP contribution in [0.1, 0.15) is 62.4 Å². The van der Waals surface area contributed by atoms with Crippen LogP contribution in [0.3, 0.4) is 0 Å². The van der Waals surface area contributed by atoms with E-state index in [1.54, 1.807) is 30.3 Å². The van der Waals surface area contributed by atoms with E-state index in [-0.39, 0.29) is 29.6 Å². The molecule has 0 spiro atoms. The first-order chi connectivity index (χ1) is 16.1. The molecule has 1 N–H and O–H groups in total. The zero-order chi connectivity index (χ0) is 24.6. The number of benzene rings is 2. The van der Waals surface area contributed by atoms with Gasteiger partial charge in [-0.2, -0.15) is 5.26 Å². The van der Waals surface area contributed by atoms with Crippen molar-refractivity contribution in [2.24, 2.45) is 0 Å². The summed E-state index contributed by atoms with van der Waals surface area (Å²) in [6, 6.07) is 11.1. The summed E-state index contributed by atoms with van der Waals surface area (Å²) in [5.41, 5.74) is 0.888. The quantitative estimate of drug-likeness (QED) is 0.609. The van der Waals surface area contributed by atoms with E-state index in [0.29, 0.717) is 34.6 Å². The molecule has 0 unspecified atom stereocenters. The molecule has 3 atom stereocenters. The highest BCUT2D eigenvalue weighted by Crippen LogP contribution is 2.38. The normalized spacial score (nSPS) is 21.6. The number of carbonyl (C=O) groups is 2. The highest BCUT2D eigenvalue weighted by Gasteiger charge is 2.44. The monoisotopic (exact) mass is 483 g/mol. The van der Waals surface area contributed by atoms with Crippen molar-refractivity contribution >= 4 is 23.6 Å². The minimum atomic E-state index is -0.634. The van der Waals surface area contributed by atoms with E-state index in [2.05, 4.69) is 5.32 Å². The number of halogens is 2. The van der Waals surface area contributed by atoms with Crippen molar-refractivity contribution in [3.8, 4) is 17.2 Å². The molecule has 2 saturated heterocycles. The number of hydrogen-bond acceptors (Lipinski definition) is 4. The van der Waals surface area contributed by atoms with Gasteiger partial charge in [-0.25, -0.2) is 9.18 Å². The lowest BCUT2D eigenvalue weighted by Crippen LogP contribution is -2.53. The number of ether oxygens (including phenoxy) is 1. The predicted octanol–water partition coefficient (Wildman–Crippen LogP) is 5.68. The molecule has 6 nitrogen and oxygen atoms in total. The van der Waals surface area contributed by atoms with E-state index in [1.165, 1.54) is 12.1 Å². The number of nitrogens with zero attached hydrogens (tertiary/aromatic N) is 2. The van der Waals surface area contributed by atoms with E-state index in [0.717, 1.165) is 12.8 Å². The Morgan fingerprint density at radius 1 is 1.15 bits per heavy atom. The zero-order valence-corrected chi connectivity index (χ0v) is 20.2. The summed E-state index contributed by atoms with van der Waals surface area (Å²) < 4.78 is 19.5. The van der Waals surface area contributed by atoms with E-state index < -0.39 is 17.5 Å². The number of rotatable bonds is 3. The summed E-state index contributed by atoms with van der Waals surface area (Å²) in [6.07, 6.45) is 2.66. The molecule has 0 aliphatic carbocycles. The summed E-state index contributed by atoms with van der Waals surface area (Å²) in [5.74, 6) is -0.736. The number of carbonyl (C=O) groups excluding carboxylic acids is 2. The van der Waals surface area contributed by atoms with Crippen LogP contribution in [0.5, 0.6) is 0 Å². The van der Waals surface area contributed by atoms with Crippen LogP contribution in [-0.2, 0) is 4.74 Å². The third kappa shape index (κ3) is 5.02. The zero-order valence-electron chi connectivity index (χ0n) is 19.4. The summed E-state index contributed by atoms with van der Waals surface area (Å²) in [5, 5.41) is 12.3. The van der Waals surface area contributed by atoms with Crippen LogP contribution in [0.15, 0.2) is 36.4 Å². The van der Waals surface area contributed by atoms with Gasteiger partial charge in [0.25, 0.3) is 5.91 Å². The van der Waals surface area contributed by atoms with Crippen LogP contribution >= 0.6 is 11.6 Å². The molecular formula is C26H27ClFN3O3. The molecule has 178 valence electrons. The second-order valence-electron chi connectivity index (χ2n) is 9.91. The Kier molecular flexibility index (Phi) is 6.55. The van der Waals surface area contributed by atoms with Gasteiger partial charge in [-0.3, -0.25) is 4.79 Å². The predicted molar refractivity (Wildman–Crippen MR) is 127 cm³/mol. The van der Waals surface area contributed by atoms with E-state index in [4.69, 9.17) is 21.6 Å². The number of alkyl carbamates (subject to hydrolysis) is 1. The molecule has 0 saturated carbocycles. The van der Waals surface area contributed by atoms with E-state index >= 15 is 0 Å². The Balaban J connectivity index is 1.51. The highest BCUT2D eigenvalue weighted by molar-refractivity contribution is 6.33. The molecule has 2 bridgehead atoms. The van der Waals surface area contributed by atoms with Crippen molar-refractivity contribution in [2.75, 3.05) is 0 Å². The molecule has 2 aliphatic rings. The molecule has 2 heterocycles. The van der Waals surface area contributed by atoms with Crippen molar-refractivity contribution in [3.05, 3.63) is 58.4 Å². The second kappa shape index (κ2) is 9.27. The fourth-order valence-corrected chi connectivity index (χ4v) is 5.13. The lowest BCUT2D eigenvalue weighted by atomic mass is 9.95. The Bertz CT molecular complexity index is 1160. The number of hydrogen-bond donors (Lipinski definition) is 1. The fourth-order valence-electron chi connectivity index (χ4n) is 4.90. The van der Waals surface area contributed by atoms with Crippen LogP contribution in [-0.4, -0.2) is 40.6 Å². The van der Waals surface area contributed by atoms with Crippen LogP contribution in [0.4, 0.5) is 9.18 Å². The minimum Gasteiger partial charge on any atom is -0.444 e. The van der Waals surface area contributed by atoms with Gasteiger partial charge in [-0.15, -0.1) is 0 Å². The average molecular weight is 484 g/mol. The Morgan fingerprint density at radius 2 is 1.82 bits per heavy atom. The van der Waals surface area contributed by atoms with Gasteiger partial charge >= 0.3 is 6.09 Å². The molecule has 2 aromatic carbocycles. The minimum absolute atomic E-state index is 0.0256. The topological polar surface area (TPSA) is 82.4 Å². The van der Waals surface area contributed by atoms with Crippen molar-refractivity contribution in [1.29, 1.82) is 5.26 Å². The average Bonchev–Trinajstić information content (AvgIpc) is 3.02. The fraction of sp³-hybridized carbons (Fsp3) is 0.423. The van der Waals surface area contributed by atoms with Crippen molar-refractivity contribution < 1.29 is 18.7 Å². The van der Waals surface area contributed by atoms with Gasteiger partial charge in [0.2, 0.25) is 0 Å². The molecular weight excluding hydrogens is 457 g/mol. The SMILES string of the molecule is CC(C)(C)OC(=O)N[C@H]1C[C@H]2CC[C@@H](C1)N2C(=O)c1ccc(Cl)c(-c2ccc(C#N)c(F)c2)c1. The Labute approximate surface area is 203 Å². The van der Waals surface area contributed by atoms with Crippen molar-refractivity contribution in [1.82, 2.24) is 10.2 Å². The smallest absolute Gasteiger partial charge is 0.407 e. The first-order valence-corrected chi connectivity index (χ1v) is 11.8. The molecule has 0 radical (unpaired) electrons. The molecule has 8 heteroatoms. The van der Waals surface area contributed by atoms with Gasteiger partial charge in [-0.05, 0) is 82.3 Å². The van der Waals surface area contributed by atoms with Crippen molar-refractivity contribution in [2.45, 2.75) is 70.2 Å².